The molecular formula is C9H5F3N4O2. The topological polar surface area (TPSA) is 80.9 Å². The molecule has 0 bridgehead atoms. The number of aromatic carboxylic acids is 1. The highest BCUT2D eigenvalue weighted by Gasteiger charge is 2.37. The molecule has 0 saturated heterocycles. The minimum Gasteiger partial charge on any atom is -0.478 e. The van der Waals surface area contributed by atoms with Gasteiger partial charge in [-0.2, -0.15) is 18.3 Å². The summed E-state index contributed by atoms with van der Waals surface area (Å²) in [7, 11) is 0. The summed E-state index contributed by atoms with van der Waals surface area (Å²) in [5.41, 5.74) is -2.38. The fourth-order valence-electron chi connectivity index (χ4n) is 1.29. The average Bonchev–Trinajstić information content (AvgIpc) is 2.80. The van der Waals surface area contributed by atoms with E-state index in [1.165, 1.54) is 0 Å². The molecule has 0 aliphatic heterocycles. The number of carboxylic acids is 1. The van der Waals surface area contributed by atoms with Gasteiger partial charge in [0.25, 0.3) is 0 Å². The molecule has 2 aromatic heterocycles. The molecule has 0 spiro atoms. The van der Waals surface area contributed by atoms with Crippen LogP contribution in [0.3, 0.4) is 0 Å². The van der Waals surface area contributed by atoms with Gasteiger partial charge in [-0.05, 0) is 12.1 Å². The molecule has 6 nitrogen and oxygen atoms in total. The summed E-state index contributed by atoms with van der Waals surface area (Å²) in [5, 5.41) is 12.3. The number of hydrogen-bond donors (Lipinski definition) is 1. The fourth-order valence-corrected chi connectivity index (χ4v) is 1.29. The number of rotatable bonds is 2. The third kappa shape index (κ3) is 2.14. The van der Waals surface area contributed by atoms with Crippen molar-refractivity contribution in [2.45, 2.75) is 6.18 Å². The maximum absolute atomic E-state index is 12.7. The number of carbonyl (C=O) groups is 1. The van der Waals surface area contributed by atoms with E-state index in [4.69, 9.17) is 5.11 Å². The van der Waals surface area contributed by atoms with Crippen molar-refractivity contribution in [3.63, 3.8) is 0 Å². The maximum Gasteiger partial charge on any atom is 0.434 e. The zero-order valence-electron chi connectivity index (χ0n) is 8.59. The van der Waals surface area contributed by atoms with Crippen molar-refractivity contribution in [3.8, 4) is 5.82 Å². The van der Waals surface area contributed by atoms with E-state index in [-0.39, 0.29) is 5.82 Å². The lowest BCUT2D eigenvalue weighted by Crippen LogP contribution is -2.17. The van der Waals surface area contributed by atoms with E-state index in [9.17, 15) is 18.0 Å². The summed E-state index contributed by atoms with van der Waals surface area (Å²) < 4.78 is 39.0. The first kappa shape index (κ1) is 12.0. The largest absolute Gasteiger partial charge is 0.478 e. The summed E-state index contributed by atoms with van der Waals surface area (Å²) >= 11 is 0. The molecule has 0 aliphatic rings. The Morgan fingerprint density at radius 1 is 1.33 bits per heavy atom. The van der Waals surface area contributed by atoms with Gasteiger partial charge in [-0.25, -0.2) is 19.4 Å². The highest BCUT2D eigenvalue weighted by Crippen LogP contribution is 2.31. The van der Waals surface area contributed by atoms with Crippen molar-refractivity contribution >= 4 is 5.97 Å². The summed E-state index contributed by atoms with van der Waals surface area (Å²) in [4.78, 5) is 17.5. The van der Waals surface area contributed by atoms with Crippen LogP contribution in [0.2, 0.25) is 0 Å². The molecule has 0 saturated carbocycles. The Morgan fingerprint density at radius 3 is 2.56 bits per heavy atom. The van der Waals surface area contributed by atoms with E-state index < -0.39 is 23.4 Å². The lowest BCUT2D eigenvalue weighted by Gasteiger charge is -2.10. The normalized spacial score (nSPS) is 11.5. The lowest BCUT2D eigenvalue weighted by atomic mass is 10.2. The van der Waals surface area contributed by atoms with E-state index in [1.807, 2.05) is 0 Å². The Labute approximate surface area is 97.7 Å². The predicted octanol–water partition coefficient (Wildman–Crippen LogP) is 1.38. The zero-order valence-corrected chi connectivity index (χ0v) is 8.59. The van der Waals surface area contributed by atoms with Crippen molar-refractivity contribution in [1.29, 1.82) is 0 Å². The molecule has 0 amide bonds. The number of hydrogen-bond acceptors (Lipinski definition) is 4. The molecule has 2 heterocycles. The van der Waals surface area contributed by atoms with E-state index in [1.54, 1.807) is 0 Å². The van der Waals surface area contributed by atoms with Gasteiger partial charge in [0.2, 0.25) is 0 Å². The Morgan fingerprint density at radius 2 is 2.06 bits per heavy atom. The van der Waals surface area contributed by atoms with Gasteiger partial charge in [-0.3, -0.25) is 0 Å². The molecule has 1 N–H and O–H groups in total. The first-order chi connectivity index (χ1) is 8.39. The molecular weight excluding hydrogens is 253 g/mol. The number of aromatic nitrogens is 4. The molecule has 2 aromatic rings. The van der Waals surface area contributed by atoms with Crippen LogP contribution in [-0.4, -0.2) is 30.8 Å². The van der Waals surface area contributed by atoms with Crippen molar-refractivity contribution in [3.05, 3.63) is 36.0 Å². The smallest absolute Gasteiger partial charge is 0.434 e. The lowest BCUT2D eigenvalue weighted by molar-refractivity contribution is -0.141. The molecule has 2 rings (SSSR count). The molecule has 94 valence electrons. The highest BCUT2D eigenvalue weighted by atomic mass is 19.4. The number of nitrogens with zero attached hydrogens (tertiary/aromatic N) is 4. The van der Waals surface area contributed by atoms with Gasteiger partial charge < -0.3 is 5.11 Å². The molecule has 18 heavy (non-hydrogen) atoms. The maximum atomic E-state index is 12.7. The molecule has 0 radical (unpaired) electrons. The van der Waals surface area contributed by atoms with Gasteiger partial charge in [-0.1, -0.05) is 0 Å². The van der Waals surface area contributed by atoms with E-state index in [0.29, 0.717) is 0 Å². The second-order valence-electron chi connectivity index (χ2n) is 3.21. The standard InChI is InChI=1S/C9H5F3N4O2/c10-9(11,12)7-5(8(17)18)1-2-6(15-7)16-4-13-3-14-16/h1-4H,(H,17,18). The van der Waals surface area contributed by atoms with Gasteiger partial charge >= 0.3 is 12.1 Å². The Kier molecular flexibility index (Phi) is 2.73. The minimum absolute atomic E-state index is 0.162. The van der Waals surface area contributed by atoms with Crippen LogP contribution < -0.4 is 0 Å². The highest BCUT2D eigenvalue weighted by molar-refractivity contribution is 5.89. The summed E-state index contributed by atoms with van der Waals surface area (Å²) in [6, 6.07) is 1.95. The molecule has 0 unspecified atom stereocenters. The van der Waals surface area contributed by atoms with Crippen LogP contribution >= 0.6 is 0 Å². The van der Waals surface area contributed by atoms with Crippen molar-refractivity contribution in [2.75, 3.05) is 0 Å². The predicted molar refractivity (Wildman–Crippen MR) is 51.1 cm³/mol. The van der Waals surface area contributed by atoms with Crippen LogP contribution in [0.5, 0.6) is 0 Å². The summed E-state index contributed by atoms with van der Waals surface area (Å²) in [5.74, 6) is -1.86. The third-order valence-electron chi connectivity index (χ3n) is 2.03. The SMILES string of the molecule is O=C(O)c1ccc(-n2cncn2)nc1C(F)(F)F. The van der Waals surface area contributed by atoms with Crippen LogP contribution in [0.25, 0.3) is 5.82 Å². The van der Waals surface area contributed by atoms with Gasteiger partial charge in [0.1, 0.15) is 12.7 Å². The van der Waals surface area contributed by atoms with Crippen LogP contribution in [0, 0.1) is 0 Å². The zero-order chi connectivity index (χ0) is 13.3. The average molecular weight is 258 g/mol. The molecule has 0 fully saturated rings. The molecule has 0 aliphatic carbocycles. The van der Waals surface area contributed by atoms with Crippen LogP contribution in [0.15, 0.2) is 24.8 Å². The number of halogens is 3. The van der Waals surface area contributed by atoms with Crippen molar-refractivity contribution in [1.82, 2.24) is 19.7 Å². The number of alkyl halides is 3. The number of carboxylic acid groups (broad SMARTS) is 1. The van der Waals surface area contributed by atoms with Gasteiger partial charge in [0.05, 0.1) is 5.56 Å². The van der Waals surface area contributed by atoms with Crippen molar-refractivity contribution < 1.29 is 23.1 Å². The van der Waals surface area contributed by atoms with Gasteiger partial charge in [0, 0.05) is 0 Å². The Hall–Kier alpha value is -2.45. The first-order valence-electron chi connectivity index (χ1n) is 4.56. The first-order valence-corrected chi connectivity index (χ1v) is 4.56. The fraction of sp³-hybridized carbons (Fsp3) is 0.111. The number of pyridine rings is 1. The summed E-state index contributed by atoms with van der Waals surface area (Å²) in [6.07, 6.45) is -2.58. The second-order valence-corrected chi connectivity index (χ2v) is 3.21. The quantitative estimate of drug-likeness (QED) is 0.880. The molecule has 9 heteroatoms. The second kappa shape index (κ2) is 4.09. The molecule has 0 atom stereocenters. The third-order valence-corrected chi connectivity index (χ3v) is 2.03. The van der Waals surface area contributed by atoms with E-state index in [0.717, 1.165) is 29.5 Å². The van der Waals surface area contributed by atoms with Crippen LogP contribution in [0.1, 0.15) is 16.1 Å². The monoisotopic (exact) mass is 258 g/mol. The minimum atomic E-state index is -4.86. The van der Waals surface area contributed by atoms with Crippen molar-refractivity contribution in [2.24, 2.45) is 0 Å². The Balaban J connectivity index is 2.60. The van der Waals surface area contributed by atoms with Gasteiger partial charge in [0.15, 0.2) is 11.5 Å². The Bertz CT molecular complexity index is 580. The van der Waals surface area contributed by atoms with Crippen LogP contribution in [-0.2, 0) is 6.18 Å². The van der Waals surface area contributed by atoms with Crippen LogP contribution in [0.4, 0.5) is 13.2 Å². The van der Waals surface area contributed by atoms with E-state index in [2.05, 4.69) is 15.1 Å². The summed E-state index contributed by atoms with van der Waals surface area (Å²) in [6.45, 7) is 0. The molecule has 0 aromatic carbocycles. The van der Waals surface area contributed by atoms with Gasteiger partial charge in [-0.15, -0.1) is 0 Å². The van der Waals surface area contributed by atoms with E-state index >= 15 is 0 Å².